The van der Waals surface area contributed by atoms with Gasteiger partial charge in [0.1, 0.15) is 0 Å². The minimum Gasteiger partial charge on any atom is -0.481 e. The van der Waals surface area contributed by atoms with E-state index in [2.05, 4.69) is 16.4 Å². The van der Waals surface area contributed by atoms with Gasteiger partial charge in [-0.1, -0.05) is 24.3 Å². The number of nitrogens with one attached hydrogen (secondary N) is 1. The Bertz CT molecular complexity index is 1150. The lowest BCUT2D eigenvalue weighted by Crippen LogP contribution is -2.42. The average Bonchev–Trinajstić information content (AvgIpc) is 2.87. The number of carbonyl (C=O) groups is 2. The molecular weight excluding hydrogens is 418 g/mol. The molecule has 7 heteroatoms. The summed E-state index contributed by atoms with van der Waals surface area (Å²) in [6, 6.07) is 19.5. The molecule has 1 amide bonds. The van der Waals surface area contributed by atoms with Gasteiger partial charge in [-0.2, -0.15) is 5.26 Å². The summed E-state index contributed by atoms with van der Waals surface area (Å²) in [7, 11) is 2.88. The molecule has 0 unspecified atom stereocenters. The zero-order valence-electron chi connectivity index (χ0n) is 18.7. The molecule has 0 aliphatic carbocycles. The molecule has 0 aliphatic heterocycles. The number of benzene rings is 2. The molecule has 0 saturated heterocycles. The van der Waals surface area contributed by atoms with Crippen LogP contribution in [0.1, 0.15) is 28.4 Å². The lowest BCUT2D eigenvalue weighted by molar-refractivity contribution is -0.146. The summed E-state index contributed by atoms with van der Waals surface area (Å²) >= 11 is 0. The van der Waals surface area contributed by atoms with E-state index in [-0.39, 0.29) is 5.91 Å². The lowest BCUT2D eigenvalue weighted by atomic mass is 9.92. The van der Waals surface area contributed by atoms with Crippen molar-refractivity contribution in [2.75, 3.05) is 14.2 Å². The van der Waals surface area contributed by atoms with Gasteiger partial charge in [-0.25, -0.2) is 4.98 Å². The summed E-state index contributed by atoms with van der Waals surface area (Å²) < 4.78 is 10.0. The predicted octanol–water partition coefficient (Wildman–Crippen LogP) is 3.78. The highest BCUT2D eigenvalue weighted by Gasteiger charge is 2.28. The van der Waals surface area contributed by atoms with E-state index >= 15 is 0 Å². The maximum absolute atomic E-state index is 12.8. The van der Waals surface area contributed by atoms with E-state index < -0.39 is 17.9 Å². The number of aromatic nitrogens is 1. The number of hydrogen-bond acceptors (Lipinski definition) is 6. The minimum atomic E-state index is -0.600. The molecular formula is C26H25N3O4. The molecule has 0 radical (unpaired) electrons. The molecule has 0 saturated carbocycles. The van der Waals surface area contributed by atoms with Crippen LogP contribution in [0.25, 0.3) is 11.1 Å². The Hall–Kier alpha value is -4.18. The van der Waals surface area contributed by atoms with Crippen LogP contribution in [0.2, 0.25) is 0 Å². The molecule has 2 atom stereocenters. The Labute approximate surface area is 193 Å². The van der Waals surface area contributed by atoms with Crippen molar-refractivity contribution in [3.8, 4) is 23.1 Å². The van der Waals surface area contributed by atoms with Crippen molar-refractivity contribution >= 4 is 11.9 Å². The Morgan fingerprint density at radius 3 is 2.39 bits per heavy atom. The SMILES string of the molecule is COC(=O)[C@H](Cc1cccc(C#N)c1)[C@@H](C)NC(=O)c1ccc(-c2ccc(OC)nc2)cc1. The second-order valence-electron chi connectivity index (χ2n) is 7.57. The van der Waals surface area contributed by atoms with E-state index in [4.69, 9.17) is 14.7 Å². The summed E-state index contributed by atoms with van der Waals surface area (Å²) in [5, 5.41) is 12.0. The fraction of sp³-hybridized carbons (Fsp3) is 0.231. The molecule has 1 aromatic heterocycles. The van der Waals surface area contributed by atoms with Gasteiger partial charge in [0.15, 0.2) is 0 Å². The van der Waals surface area contributed by atoms with E-state index in [9.17, 15) is 9.59 Å². The van der Waals surface area contributed by atoms with Gasteiger partial charge in [0.05, 0.1) is 31.8 Å². The number of methoxy groups -OCH3 is 2. The van der Waals surface area contributed by atoms with Crippen molar-refractivity contribution < 1.29 is 19.1 Å². The Morgan fingerprint density at radius 1 is 1.06 bits per heavy atom. The topological polar surface area (TPSA) is 101 Å². The molecule has 2 aromatic carbocycles. The van der Waals surface area contributed by atoms with Gasteiger partial charge < -0.3 is 14.8 Å². The average molecular weight is 444 g/mol. The monoisotopic (exact) mass is 443 g/mol. The van der Waals surface area contributed by atoms with Crippen LogP contribution in [0.4, 0.5) is 0 Å². The molecule has 1 heterocycles. The summed E-state index contributed by atoms with van der Waals surface area (Å²) in [5.41, 5.74) is 3.63. The number of rotatable bonds is 8. The quantitative estimate of drug-likeness (QED) is 0.532. The number of nitriles is 1. The molecule has 3 aromatic rings. The Balaban J connectivity index is 1.70. The van der Waals surface area contributed by atoms with Crippen LogP contribution in [-0.4, -0.2) is 37.1 Å². The molecule has 0 fully saturated rings. The van der Waals surface area contributed by atoms with Crippen molar-refractivity contribution in [1.82, 2.24) is 10.3 Å². The van der Waals surface area contributed by atoms with E-state index in [0.717, 1.165) is 16.7 Å². The van der Waals surface area contributed by atoms with Gasteiger partial charge in [-0.05, 0) is 54.8 Å². The molecule has 33 heavy (non-hydrogen) atoms. The van der Waals surface area contributed by atoms with E-state index in [1.54, 1.807) is 56.6 Å². The maximum atomic E-state index is 12.8. The zero-order valence-corrected chi connectivity index (χ0v) is 18.7. The van der Waals surface area contributed by atoms with Crippen LogP contribution < -0.4 is 10.1 Å². The van der Waals surface area contributed by atoms with Gasteiger partial charge >= 0.3 is 5.97 Å². The fourth-order valence-electron chi connectivity index (χ4n) is 3.51. The van der Waals surface area contributed by atoms with Crippen molar-refractivity contribution in [3.63, 3.8) is 0 Å². The van der Waals surface area contributed by atoms with Crippen molar-refractivity contribution in [1.29, 1.82) is 5.26 Å². The smallest absolute Gasteiger partial charge is 0.311 e. The normalized spacial score (nSPS) is 12.2. The summed E-state index contributed by atoms with van der Waals surface area (Å²) in [6.07, 6.45) is 2.05. The summed E-state index contributed by atoms with van der Waals surface area (Å²) in [5.74, 6) is -0.783. The molecule has 7 nitrogen and oxygen atoms in total. The Morgan fingerprint density at radius 2 is 1.79 bits per heavy atom. The summed E-state index contributed by atoms with van der Waals surface area (Å²) in [4.78, 5) is 29.4. The molecule has 0 spiro atoms. The highest BCUT2D eigenvalue weighted by atomic mass is 16.5. The van der Waals surface area contributed by atoms with Crippen LogP contribution in [0, 0.1) is 17.2 Å². The fourth-order valence-corrected chi connectivity index (χ4v) is 3.51. The maximum Gasteiger partial charge on any atom is 0.311 e. The van der Waals surface area contributed by atoms with Gasteiger partial charge in [-0.15, -0.1) is 0 Å². The molecule has 1 N–H and O–H groups in total. The van der Waals surface area contributed by atoms with Gasteiger partial charge in [0, 0.05) is 29.4 Å². The highest BCUT2D eigenvalue weighted by molar-refractivity contribution is 5.95. The second kappa shape index (κ2) is 10.9. The molecule has 0 aliphatic rings. The second-order valence-corrected chi connectivity index (χ2v) is 7.57. The van der Waals surface area contributed by atoms with Crippen LogP contribution in [-0.2, 0) is 16.0 Å². The first-order chi connectivity index (χ1) is 15.9. The Kier molecular flexibility index (Phi) is 7.77. The minimum absolute atomic E-state index is 0.290. The lowest BCUT2D eigenvalue weighted by Gasteiger charge is -2.23. The first-order valence-electron chi connectivity index (χ1n) is 10.4. The zero-order chi connectivity index (χ0) is 23.8. The van der Waals surface area contributed by atoms with E-state index in [1.807, 2.05) is 24.3 Å². The number of nitrogens with zero attached hydrogens (tertiary/aromatic N) is 2. The first-order valence-corrected chi connectivity index (χ1v) is 10.4. The van der Waals surface area contributed by atoms with E-state index in [1.165, 1.54) is 7.11 Å². The third kappa shape index (κ3) is 5.95. The number of ether oxygens (including phenoxy) is 2. The highest BCUT2D eigenvalue weighted by Crippen LogP contribution is 2.21. The molecule has 3 rings (SSSR count). The third-order valence-electron chi connectivity index (χ3n) is 5.40. The van der Waals surface area contributed by atoms with Gasteiger partial charge in [0.25, 0.3) is 5.91 Å². The van der Waals surface area contributed by atoms with Crippen molar-refractivity contribution in [3.05, 3.63) is 83.6 Å². The van der Waals surface area contributed by atoms with Crippen molar-refractivity contribution in [2.24, 2.45) is 5.92 Å². The van der Waals surface area contributed by atoms with Gasteiger partial charge in [-0.3, -0.25) is 9.59 Å². The van der Waals surface area contributed by atoms with Gasteiger partial charge in [0.2, 0.25) is 5.88 Å². The van der Waals surface area contributed by atoms with Crippen LogP contribution in [0.5, 0.6) is 5.88 Å². The van der Waals surface area contributed by atoms with Crippen molar-refractivity contribution in [2.45, 2.75) is 19.4 Å². The number of carbonyl (C=O) groups excluding carboxylic acids is 2. The largest absolute Gasteiger partial charge is 0.481 e. The van der Waals surface area contributed by atoms with Crippen LogP contribution in [0.3, 0.4) is 0 Å². The summed E-state index contributed by atoms with van der Waals surface area (Å²) in [6.45, 7) is 1.77. The van der Waals surface area contributed by atoms with E-state index in [0.29, 0.717) is 23.4 Å². The molecule has 168 valence electrons. The number of esters is 1. The van der Waals surface area contributed by atoms with Crippen LogP contribution >= 0.6 is 0 Å². The number of amides is 1. The first kappa shape index (κ1) is 23.5. The standard InChI is InChI=1S/C26H25N3O4/c1-17(23(26(31)33-3)14-18-5-4-6-19(13-18)15-27)29-25(30)21-9-7-20(8-10-21)22-11-12-24(32-2)28-16-22/h4-13,16-17,23H,14H2,1-3H3,(H,29,30)/t17-,23-/m1/s1. The third-order valence-corrected chi connectivity index (χ3v) is 5.40. The molecule has 0 bridgehead atoms. The predicted molar refractivity (Wildman–Crippen MR) is 124 cm³/mol. The number of pyridine rings is 1. The number of hydrogen-bond donors (Lipinski definition) is 1. The van der Waals surface area contributed by atoms with Crippen LogP contribution in [0.15, 0.2) is 66.9 Å².